The zero-order valence-electron chi connectivity index (χ0n) is 19.3. The predicted octanol–water partition coefficient (Wildman–Crippen LogP) is 8.53. The molecule has 1 saturated carbocycles. The van der Waals surface area contributed by atoms with Gasteiger partial charge >= 0.3 is 0 Å². The van der Waals surface area contributed by atoms with Gasteiger partial charge in [-0.2, -0.15) is 0 Å². The third-order valence-electron chi connectivity index (χ3n) is 6.64. The molecule has 0 bridgehead atoms. The van der Waals surface area contributed by atoms with E-state index in [-0.39, 0.29) is 0 Å². The Kier molecular flexibility index (Phi) is 6.70. The van der Waals surface area contributed by atoms with Crippen LogP contribution < -0.4 is 0 Å². The maximum absolute atomic E-state index is 4.30. The number of benzene rings is 1. The van der Waals surface area contributed by atoms with Crippen LogP contribution in [0.15, 0.2) is 84.1 Å². The van der Waals surface area contributed by atoms with E-state index >= 15 is 0 Å². The molecule has 3 aliphatic carbocycles. The summed E-state index contributed by atoms with van der Waals surface area (Å²) >= 11 is 0. The van der Waals surface area contributed by atoms with Crippen LogP contribution in [0.5, 0.6) is 0 Å². The molecule has 0 spiro atoms. The lowest BCUT2D eigenvalue weighted by Crippen LogP contribution is -2.03. The molecule has 2 atom stereocenters. The molecular weight excluding hydrogens is 374 g/mol. The van der Waals surface area contributed by atoms with Gasteiger partial charge in [0.05, 0.1) is 0 Å². The first kappa shape index (κ1) is 21.6. The third kappa shape index (κ3) is 4.98. The Morgan fingerprint density at radius 3 is 2.81 bits per heavy atom. The van der Waals surface area contributed by atoms with Crippen molar-refractivity contribution >= 4 is 16.3 Å². The molecule has 0 amide bonds. The molecule has 1 aromatic heterocycles. The van der Waals surface area contributed by atoms with Crippen molar-refractivity contribution in [3.63, 3.8) is 0 Å². The second kappa shape index (κ2) is 9.64. The molecule has 1 heteroatoms. The Hall–Kier alpha value is -2.67. The zero-order chi connectivity index (χ0) is 21.8. The summed E-state index contributed by atoms with van der Waals surface area (Å²) in [7, 11) is 0. The van der Waals surface area contributed by atoms with Gasteiger partial charge < -0.3 is 0 Å². The molecule has 0 N–H and O–H groups in total. The number of aryl methyl sites for hydroxylation is 1. The minimum Gasteiger partial charge on any atom is -0.261 e. The van der Waals surface area contributed by atoms with Gasteiger partial charge in [0, 0.05) is 17.3 Å². The van der Waals surface area contributed by atoms with E-state index in [1.165, 1.54) is 54.0 Å². The molecule has 1 nitrogen and oxygen atoms in total. The highest BCUT2D eigenvalue weighted by atomic mass is 14.6. The monoisotopic (exact) mass is 409 g/mol. The Balaban J connectivity index is 0.000000151. The van der Waals surface area contributed by atoms with Crippen molar-refractivity contribution in [2.45, 2.75) is 59.3 Å². The third-order valence-corrected chi connectivity index (χ3v) is 6.64. The summed E-state index contributed by atoms with van der Waals surface area (Å²) in [5.74, 6) is 1.83. The first-order chi connectivity index (χ1) is 15.1. The number of pyridine rings is 1. The molecule has 1 heterocycles. The minimum atomic E-state index is 0.908. The van der Waals surface area contributed by atoms with Crippen molar-refractivity contribution in [2.24, 2.45) is 11.8 Å². The molecule has 0 aliphatic heterocycles. The van der Waals surface area contributed by atoms with E-state index < -0.39 is 0 Å². The van der Waals surface area contributed by atoms with E-state index in [0.29, 0.717) is 0 Å². The van der Waals surface area contributed by atoms with E-state index in [2.05, 4.69) is 74.0 Å². The number of fused-ring (bicyclic) bond motifs is 3. The Bertz CT molecular complexity index is 1090. The molecule has 2 unspecified atom stereocenters. The highest BCUT2D eigenvalue weighted by Gasteiger charge is 2.40. The van der Waals surface area contributed by atoms with E-state index in [9.17, 15) is 0 Å². The topological polar surface area (TPSA) is 12.9 Å². The summed E-state index contributed by atoms with van der Waals surface area (Å²) in [5, 5.41) is 2.41. The fourth-order valence-corrected chi connectivity index (χ4v) is 4.86. The van der Waals surface area contributed by atoms with Gasteiger partial charge in [0.15, 0.2) is 0 Å². The van der Waals surface area contributed by atoms with Gasteiger partial charge in [0.25, 0.3) is 0 Å². The average Bonchev–Trinajstić information content (AvgIpc) is 3.58. The number of nitrogens with zero attached hydrogens (tertiary/aromatic N) is 1. The predicted molar refractivity (Wildman–Crippen MR) is 135 cm³/mol. The van der Waals surface area contributed by atoms with Crippen molar-refractivity contribution in [2.75, 3.05) is 0 Å². The normalized spacial score (nSPS) is 21.6. The van der Waals surface area contributed by atoms with E-state index in [4.69, 9.17) is 0 Å². The van der Waals surface area contributed by atoms with Gasteiger partial charge in [-0.05, 0) is 90.7 Å². The number of allylic oxidation sites excluding steroid dienone is 9. The Labute approximate surface area is 188 Å². The maximum Gasteiger partial charge on any atom is 0.0379 e. The quantitative estimate of drug-likeness (QED) is 0.451. The Morgan fingerprint density at radius 2 is 2.03 bits per heavy atom. The smallest absolute Gasteiger partial charge is 0.0379 e. The summed E-state index contributed by atoms with van der Waals surface area (Å²) < 4.78 is 0. The fraction of sp³-hybridized carbons (Fsp3) is 0.367. The molecule has 1 aromatic carbocycles. The molecule has 5 rings (SSSR count). The SMILES string of the molecule is C=C/C(=C\CC)c1ccc2cnc(C)cc2c1.CCCC1=CC2=C(C=CC3CC23)CC1. The van der Waals surface area contributed by atoms with Crippen molar-refractivity contribution in [3.8, 4) is 0 Å². The first-order valence-corrected chi connectivity index (χ1v) is 11.9. The van der Waals surface area contributed by atoms with E-state index in [1.807, 2.05) is 19.2 Å². The second-order valence-corrected chi connectivity index (χ2v) is 9.06. The lowest BCUT2D eigenvalue weighted by atomic mass is 9.85. The van der Waals surface area contributed by atoms with Gasteiger partial charge in [0.2, 0.25) is 0 Å². The van der Waals surface area contributed by atoms with Crippen molar-refractivity contribution < 1.29 is 0 Å². The second-order valence-electron chi connectivity index (χ2n) is 9.06. The van der Waals surface area contributed by atoms with Crippen LogP contribution in [0.2, 0.25) is 0 Å². The van der Waals surface area contributed by atoms with Gasteiger partial charge in [-0.1, -0.05) is 74.9 Å². The summed E-state index contributed by atoms with van der Waals surface area (Å²) in [6.07, 6.45) is 21.1. The summed E-state index contributed by atoms with van der Waals surface area (Å²) in [6.45, 7) is 10.3. The first-order valence-electron chi connectivity index (χ1n) is 11.9. The number of hydrogen-bond donors (Lipinski definition) is 0. The van der Waals surface area contributed by atoms with Gasteiger partial charge in [-0.25, -0.2) is 0 Å². The number of aromatic nitrogens is 1. The highest BCUT2D eigenvalue weighted by Crippen LogP contribution is 2.52. The van der Waals surface area contributed by atoms with Crippen LogP contribution >= 0.6 is 0 Å². The lowest BCUT2D eigenvalue weighted by Gasteiger charge is -2.20. The molecule has 0 radical (unpaired) electrons. The Morgan fingerprint density at radius 1 is 1.16 bits per heavy atom. The standard InChI is InChI=1S/C16H17N.C14H18/c1-4-6-13(5-2)14-7-8-15-11-17-12(3)9-16(15)10-14;1-2-3-10-4-5-11-6-7-12-9-14(12)13(11)8-10/h5-11H,2,4H2,1,3H3;6-8,12,14H,2-5,9H2,1H3/b13-6+;. The lowest BCUT2D eigenvalue weighted by molar-refractivity contribution is 0.772. The fourth-order valence-electron chi connectivity index (χ4n) is 4.86. The highest BCUT2D eigenvalue weighted by molar-refractivity contribution is 5.87. The maximum atomic E-state index is 4.30. The largest absolute Gasteiger partial charge is 0.261 e. The van der Waals surface area contributed by atoms with Gasteiger partial charge in [-0.3, -0.25) is 4.98 Å². The minimum absolute atomic E-state index is 0.908. The van der Waals surface area contributed by atoms with E-state index in [0.717, 1.165) is 24.0 Å². The average molecular weight is 410 g/mol. The van der Waals surface area contributed by atoms with Crippen molar-refractivity contribution in [3.05, 3.63) is 95.4 Å². The molecule has 160 valence electrons. The zero-order valence-corrected chi connectivity index (χ0v) is 19.3. The van der Waals surface area contributed by atoms with Crippen LogP contribution in [0.4, 0.5) is 0 Å². The van der Waals surface area contributed by atoms with Crippen LogP contribution in [0, 0.1) is 18.8 Å². The van der Waals surface area contributed by atoms with Gasteiger partial charge in [0.1, 0.15) is 0 Å². The molecule has 31 heavy (non-hydrogen) atoms. The number of rotatable bonds is 5. The molecule has 3 aliphatic rings. The molecule has 2 aromatic rings. The van der Waals surface area contributed by atoms with Crippen LogP contribution in [0.3, 0.4) is 0 Å². The van der Waals surface area contributed by atoms with Gasteiger partial charge in [-0.15, -0.1) is 0 Å². The number of hydrogen-bond acceptors (Lipinski definition) is 1. The van der Waals surface area contributed by atoms with E-state index in [1.54, 1.807) is 16.7 Å². The summed E-state index contributed by atoms with van der Waals surface area (Å²) in [4.78, 5) is 4.30. The van der Waals surface area contributed by atoms with Crippen molar-refractivity contribution in [1.82, 2.24) is 4.98 Å². The van der Waals surface area contributed by atoms with Crippen LogP contribution in [-0.2, 0) is 0 Å². The molecular formula is C30H35N. The van der Waals surface area contributed by atoms with Crippen LogP contribution in [0.25, 0.3) is 16.3 Å². The molecule has 1 fully saturated rings. The molecule has 0 saturated heterocycles. The van der Waals surface area contributed by atoms with Crippen LogP contribution in [-0.4, -0.2) is 4.98 Å². The van der Waals surface area contributed by atoms with Crippen LogP contribution in [0.1, 0.15) is 63.6 Å². The summed E-state index contributed by atoms with van der Waals surface area (Å²) in [5.41, 5.74) is 8.51. The summed E-state index contributed by atoms with van der Waals surface area (Å²) in [6, 6.07) is 8.56. The van der Waals surface area contributed by atoms with Crippen molar-refractivity contribution in [1.29, 1.82) is 0 Å².